The second-order valence-corrected chi connectivity index (χ2v) is 12.2. The first-order valence-electron chi connectivity index (χ1n) is 5.27. The van der Waals surface area contributed by atoms with E-state index in [-0.39, 0.29) is 4.74 Å². The SMILES string of the molecule is CSC1=C(SC)SC(=c2sc(=O)c(=C3SC=CS3)s2)S1. The molecular formula is C11H8OS8. The predicted octanol–water partition coefficient (Wildman–Crippen LogP) is 4.59. The first-order valence-corrected chi connectivity index (χ1v) is 12.7. The summed E-state index contributed by atoms with van der Waals surface area (Å²) in [5.41, 5.74) is 0. The van der Waals surface area contributed by atoms with Crippen molar-refractivity contribution in [2.75, 3.05) is 12.5 Å². The molecule has 0 aliphatic carbocycles. The summed E-state index contributed by atoms with van der Waals surface area (Å²) in [5, 5.41) is 4.07. The summed E-state index contributed by atoms with van der Waals surface area (Å²) in [6.45, 7) is 0. The van der Waals surface area contributed by atoms with Gasteiger partial charge in [0.25, 0.3) is 4.74 Å². The van der Waals surface area contributed by atoms with Crippen molar-refractivity contribution < 1.29 is 0 Å². The van der Waals surface area contributed by atoms with Crippen LogP contribution in [0.25, 0.3) is 8.47 Å². The first-order chi connectivity index (χ1) is 9.72. The summed E-state index contributed by atoms with van der Waals surface area (Å²) in [5.74, 6) is 0. The van der Waals surface area contributed by atoms with Gasteiger partial charge in [0.1, 0.15) is 8.38 Å². The Kier molecular flexibility index (Phi) is 5.75. The molecular weight excluding hydrogens is 405 g/mol. The highest BCUT2D eigenvalue weighted by atomic mass is 32.3. The van der Waals surface area contributed by atoms with Crippen molar-refractivity contribution in [3.63, 3.8) is 0 Å². The Labute approximate surface area is 150 Å². The van der Waals surface area contributed by atoms with Crippen molar-refractivity contribution in [3.05, 3.63) is 37.2 Å². The van der Waals surface area contributed by atoms with Crippen LogP contribution in [0, 0.1) is 0 Å². The van der Waals surface area contributed by atoms with E-state index in [0.717, 1.165) is 12.6 Å². The van der Waals surface area contributed by atoms with Gasteiger partial charge in [-0.25, -0.2) is 0 Å². The fourth-order valence-electron chi connectivity index (χ4n) is 1.41. The van der Waals surface area contributed by atoms with E-state index in [4.69, 9.17) is 0 Å². The maximum atomic E-state index is 12.2. The third-order valence-electron chi connectivity index (χ3n) is 2.23. The lowest BCUT2D eigenvalue weighted by Gasteiger charge is -1.94. The molecule has 3 rings (SSSR count). The van der Waals surface area contributed by atoms with Crippen LogP contribution < -0.4 is 13.1 Å². The molecule has 9 heteroatoms. The summed E-state index contributed by atoms with van der Waals surface area (Å²) in [6.07, 6.45) is 4.22. The fourth-order valence-corrected chi connectivity index (χ4v) is 11.2. The molecule has 0 fully saturated rings. The van der Waals surface area contributed by atoms with Crippen molar-refractivity contribution in [1.29, 1.82) is 0 Å². The molecule has 3 heterocycles. The topological polar surface area (TPSA) is 17.1 Å². The van der Waals surface area contributed by atoms with Crippen LogP contribution in [-0.2, 0) is 0 Å². The van der Waals surface area contributed by atoms with Gasteiger partial charge in [-0.15, -0.1) is 34.9 Å². The minimum absolute atomic E-state index is 0.195. The van der Waals surface area contributed by atoms with Crippen LogP contribution in [0.3, 0.4) is 0 Å². The predicted molar refractivity (Wildman–Crippen MR) is 108 cm³/mol. The summed E-state index contributed by atoms with van der Waals surface area (Å²) in [6, 6.07) is 0. The molecule has 0 radical (unpaired) electrons. The molecule has 2 aliphatic rings. The Morgan fingerprint density at radius 3 is 2.05 bits per heavy atom. The van der Waals surface area contributed by atoms with E-state index < -0.39 is 0 Å². The van der Waals surface area contributed by atoms with Crippen molar-refractivity contribution in [2.45, 2.75) is 0 Å². The van der Waals surface area contributed by atoms with Gasteiger partial charge in [0.15, 0.2) is 0 Å². The van der Waals surface area contributed by atoms with Crippen molar-refractivity contribution in [3.8, 4) is 0 Å². The molecule has 0 bridgehead atoms. The van der Waals surface area contributed by atoms with Crippen LogP contribution in [0.15, 0.2) is 24.1 Å². The Morgan fingerprint density at radius 1 is 0.900 bits per heavy atom. The van der Waals surface area contributed by atoms with E-state index >= 15 is 0 Å². The van der Waals surface area contributed by atoms with Gasteiger partial charge in [0, 0.05) is 0 Å². The fraction of sp³-hybridized carbons (Fsp3) is 0.182. The quantitative estimate of drug-likeness (QED) is 0.698. The zero-order valence-electron chi connectivity index (χ0n) is 10.3. The minimum atomic E-state index is 0.195. The summed E-state index contributed by atoms with van der Waals surface area (Å²) < 4.78 is 7.34. The van der Waals surface area contributed by atoms with E-state index in [9.17, 15) is 4.79 Å². The van der Waals surface area contributed by atoms with E-state index in [1.807, 2.05) is 10.8 Å². The van der Waals surface area contributed by atoms with Gasteiger partial charge >= 0.3 is 0 Å². The molecule has 0 spiro atoms. The molecule has 0 N–H and O–H groups in total. The summed E-state index contributed by atoms with van der Waals surface area (Å²) in [7, 11) is 0. The van der Waals surface area contributed by atoms with Gasteiger partial charge in [-0.05, 0) is 23.3 Å². The second kappa shape index (κ2) is 7.16. The molecule has 1 aromatic rings. The molecule has 0 atom stereocenters. The Bertz CT molecular complexity index is 737. The van der Waals surface area contributed by atoms with Crippen molar-refractivity contribution in [2.24, 2.45) is 0 Å². The van der Waals surface area contributed by atoms with Crippen LogP contribution >= 0.6 is 93.2 Å². The number of rotatable bonds is 2. The van der Waals surface area contributed by atoms with Gasteiger partial charge in [-0.3, -0.25) is 4.79 Å². The van der Waals surface area contributed by atoms with E-state index in [1.54, 1.807) is 81.9 Å². The second-order valence-electron chi connectivity index (χ2n) is 3.38. The van der Waals surface area contributed by atoms with E-state index in [2.05, 4.69) is 12.5 Å². The standard InChI is InChI=1S/C11H8OS8/c1-13-8-9(14-2)20-11(19-8)10-17-5(6(12)18-10)7-15-3-4-16-7/h3-4H,1-2H3. The lowest BCUT2D eigenvalue weighted by molar-refractivity contribution is 1.86. The third kappa shape index (κ3) is 3.24. The molecule has 0 saturated heterocycles. The van der Waals surface area contributed by atoms with Crippen molar-refractivity contribution in [1.82, 2.24) is 0 Å². The van der Waals surface area contributed by atoms with Crippen LogP contribution in [-0.4, -0.2) is 12.5 Å². The molecule has 1 aromatic heterocycles. The highest BCUT2D eigenvalue weighted by Gasteiger charge is 2.22. The first kappa shape index (κ1) is 16.0. The average molecular weight is 413 g/mol. The van der Waals surface area contributed by atoms with Gasteiger partial charge < -0.3 is 0 Å². The molecule has 20 heavy (non-hydrogen) atoms. The molecule has 0 saturated carbocycles. The smallest absolute Gasteiger partial charge is 0.252 e. The lowest BCUT2D eigenvalue weighted by atomic mass is 10.9. The molecule has 0 unspecified atom stereocenters. The molecule has 0 amide bonds. The summed E-state index contributed by atoms with van der Waals surface area (Å²) >= 11 is 13.5. The highest BCUT2D eigenvalue weighted by molar-refractivity contribution is 8.45. The highest BCUT2D eigenvalue weighted by Crippen LogP contribution is 2.56. The van der Waals surface area contributed by atoms with E-state index in [0.29, 0.717) is 0 Å². The zero-order chi connectivity index (χ0) is 14.1. The zero-order valence-corrected chi connectivity index (χ0v) is 16.9. The number of hydrogen-bond donors (Lipinski definition) is 0. The molecule has 1 nitrogen and oxygen atoms in total. The van der Waals surface area contributed by atoms with Crippen molar-refractivity contribution >= 4 is 102 Å². The monoisotopic (exact) mass is 412 g/mol. The molecule has 0 aromatic carbocycles. The van der Waals surface area contributed by atoms with Crippen LogP contribution in [0.1, 0.15) is 0 Å². The average Bonchev–Trinajstić information content (AvgIpc) is 3.16. The third-order valence-corrected chi connectivity index (χ3v) is 12.8. The molecule has 2 aliphatic heterocycles. The summed E-state index contributed by atoms with van der Waals surface area (Å²) in [4.78, 5) is 12.2. The lowest BCUT2D eigenvalue weighted by Crippen LogP contribution is -2.14. The number of hydrogen-bond acceptors (Lipinski definition) is 9. The molecule has 106 valence electrons. The van der Waals surface area contributed by atoms with Gasteiger partial charge in [0.05, 0.1) is 16.9 Å². The largest absolute Gasteiger partial charge is 0.276 e. The normalized spacial score (nSPS) is 18.7. The van der Waals surface area contributed by atoms with E-state index in [1.165, 1.54) is 24.0 Å². The van der Waals surface area contributed by atoms with Gasteiger partial charge in [-0.2, -0.15) is 0 Å². The van der Waals surface area contributed by atoms with Crippen LogP contribution in [0.5, 0.6) is 0 Å². The maximum absolute atomic E-state index is 12.2. The minimum Gasteiger partial charge on any atom is -0.276 e. The number of thioether (sulfide) groups is 6. The Morgan fingerprint density at radius 2 is 1.50 bits per heavy atom. The van der Waals surface area contributed by atoms with Gasteiger partial charge in [0.2, 0.25) is 0 Å². The van der Waals surface area contributed by atoms with Crippen LogP contribution in [0.2, 0.25) is 0 Å². The maximum Gasteiger partial charge on any atom is 0.252 e. The Hall–Kier alpha value is 1.17. The Balaban J connectivity index is 2.06. The van der Waals surface area contributed by atoms with Gasteiger partial charge in [-0.1, -0.05) is 58.4 Å². The van der Waals surface area contributed by atoms with Crippen LogP contribution in [0.4, 0.5) is 0 Å².